The molecule has 1 aromatic heterocycles. The highest BCUT2D eigenvalue weighted by Crippen LogP contribution is 2.30. The van der Waals surface area contributed by atoms with Gasteiger partial charge in [-0.15, -0.1) is 0 Å². The maximum absolute atomic E-state index is 14.0. The van der Waals surface area contributed by atoms with Gasteiger partial charge in [0.1, 0.15) is 16.5 Å². The van der Waals surface area contributed by atoms with E-state index in [0.717, 1.165) is 16.7 Å². The summed E-state index contributed by atoms with van der Waals surface area (Å²) in [6, 6.07) is 8.42. The van der Waals surface area contributed by atoms with Crippen LogP contribution in [0.2, 0.25) is 10.2 Å². The van der Waals surface area contributed by atoms with E-state index in [2.05, 4.69) is 9.97 Å². The Bertz CT molecular complexity index is 863. The van der Waals surface area contributed by atoms with Gasteiger partial charge in [0, 0.05) is 16.0 Å². The highest BCUT2D eigenvalue weighted by atomic mass is 35.5. The summed E-state index contributed by atoms with van der Waals surface area (Å²) in [5.41, 5.74) is 2.77. The molecule has 0 atom stereocenters. The van der Waals surface area contributed by atoms with Crippen LogP contribution in [0.15, 0.2) is 30.3 Å². The standard InChI is InChI=1S/C16H11Cl2FN2/c1-8-3-6-12(19)14-13(8)15(18)21-16(20-14)11-5-4-10(17)7-9(11)2/h3-7H,1-2H3. The van der Waals surface area contributed by atoms with Crippen molar-refractivity contribution in [2.24, 2.45) is 0 Å². The number of hydrogen-bond donors (Lipinski definition) is 0. The molecule has 2 aromatic carbocycles. The summed E-state index contributed by atoms with van der Waals surface area (Å²) in [7, 11) is 0. The Morgan fingerprint density at radius 1 is 0.952 bits per heavy atom. The van der Waals surface area contributed by atoms with Crippen LogP contribution in [0.25, 0.3) is 22.3 Å². The molecule has 1 heterocycles. The quantitative estimate of drug-likeness (QED) is 0.564. The monoisotopic (exact) mass is 320 g/mol. The Morgan fingerprint density at radius 2 is 1.71 bits per heavy atom. The first-order valence-corrected chi connectivity index (χ1v) is 7.12. The predicted octanol–water partition coefficient (Wildman–Crippen LogP) is 5.36. The average molecular weight is 321 g/mol. The molecule has 106 valence electrons. The smallest absolute Gasteiger partial charge is 0.161 e. The maximum Gasteiger partial charge on any atom is 0.161 e. The van der Waals surface area contributed by atoms with Crippen LogP contribution in [0.5, 0.6) is 0 Å². The largest absolute Gasteiger partial charge is 0.225 e. The lowest BCUT2D eigenvalue weighted by Crippen LogP contribution is -1.97. The second kappa shape index (κ2) is 5.24. The molecule has 0 amide bonds. The first kappa shape index (κ1) is 14.2. The summed E-state index contributed by atoms with van der Waals surface area (Å²) in [5, 5.41) is 1.43. The number of aromatic nitrogens is 2. The van der Waals surface area contributed by atoms with Crippen LogP contribution >= 0.6 is 23.2 Å². The van der Waals surface area contributed by atoms with Crippen molar-refractivity contribution in [1.82, 2.24) is 9.97 Å². The molecule has 3 rings (SSSR count). The summed E-state index contributed by atoms with van der Waals surface area (Å²) < 4.78 is 14.0. The number of rotatable bonds is 1. The van der Waals surface area contributed by atoms with E-state index in [1.807, 2.05) is 26.0 Å². The number of aryl methyl sites for hydroxylation is 2. The Kier molecular flexibility index (Phi) is 3.56. The van der Waals surface area contributed by atoms with Gasteiger partial charge in [0.15, 0.2) is 5.82 Å². The van der Waals surface area contributed by atoms with E-state index in [4.69, 9.17) is 23.2 Å². The third-order valence-corrected chi connectivity index (χ3v) is 3.90. The van der Waals surface area contributed by atoms with Gasteiger partial charge < -0.3 is 0 Å². The number of benzene rings is 2. The normalized spacial score (nSPS) is 11.1. The Balaban J connectivity index is 2.33. The Hall–Kier alpha value is -1.71. The van der Waals surface area contributed by atoms with E-state index in [1.165, 1.54) is 6.07 Å². The summed E-state index contributed by atoms with van der Waals surface area (Å²) in [4.78, 5) is 8.65. The Labute approximate surface area is 131 Å². The zero-order valence-electron chi connectivity index (χ0n) is 11.4. The van der Waals surface area contributed by atoms with Crippen molar-refractivity contribution in [3.63, 3.8) is 0 Å². The molecule has 0 saturated carbocycles. The van der Waals surface area contributed by atoms with E-state index in [9.17, 15) is 4.39 Å². The van der Waals surface area contributed by atoms with Crippen LogP contribution in [0.1, 0.15) is 11.1 Å². The van der Waals surface area contributed by atoms with E-state index < -0.39 is 5.82 Å². The van der Waals surface area contributed by atoms with Crippen LogP contribution < -0.4 is 0 Å². The molecular weight excluding hydrogens is 310 g/mol. The minimum atomic E-state index is -0.409. The minimum absolute atomic E-state index is 0.236. The molecule has 0 aliphatic heterocycles. The summed E-state index contributed by atoms with van der Waals surface area (Å²) in [6.07, 6.45) is 0. The SMILES string of the molecule is Cc1cc(Cl)ccc1-c1nc(Cl)c2c(C)ccc(F)c2n1. The molecule has 3 aromatic rings. The fourth-order valence-corrected chi connectivity index (χ4v) is 2.86. The zero-order valence-corrected chi connectivity index (χ0v) is 12.9. The van der Waals surface area contributed by atoms with Crippen LogP contribution in [0, 0.1) is 19.7 Å². The van der Waals surface area contributed by atoms with E-state index in [1.54, 1.807) is 12.1 Å². The van der Waals surface area contributed by atoms with Crippen LogP contribution in [0.3, 0.4) is 0 Å². The summed E-state index contributed by atoms with van der Waals surface area (Å²) in [5.74, 6) is -0.0149. The highest BCUT2D eigenvalue weighted by molar-refractivity contribution is 6.34. The molecule has 0 radical (unpaired) electrons. The third-order valence-electron chi connectivity index (χ3n) is 3.39. The van der Waals surface area contributed by atoms with Gasteiger partial charge in [0.05, 0.1) is 0 Å². The first-order chi connectivity index (χ1) is 9.97. The third kappa shape index (κ3) is 2.47. The molecule has 0 N–H and O–H groups in total. The predicted molar refractivity (Wildman–Crippen MR) is 84.4 cm³/mol. The molecular formula is C16H11Cl2FN2. The van der Waals surface area contributed by atoms with Crippen LogP contribution in [-0.2, 0) is 0 Å². The van der Waals surface area contributed by atoms with Crippen molar-refractivity contribution in [2.45, 2.75) is 13.8 Å². The van der Waals surface area contributed by atoms with E-state index in [-0.39, 0.29) is 10.7 Å². The summed E-state index contributed by atoms with van der Waals surface area (Å²) >= 11 is 12.2. The number of halogens is 3. The fraction of sp³-hybridized carbons (Fsp3) is 0.125. The molecule has 5 heteroatoms. The minimum Gasteiger partial charge on any atom is -0.225 e. The van der Waals surface area contributed by atoms with Gasteiger partial charge in [-0.05, 0) is 49.2 Å². The van der Waals surface area contributed by atoms with Gasteiger partial charge in [0.2, 0.25) is 0 Å². The average Bonchev–Trinajstić information content (AvgIpc) is 2.42. The lowest BCUT2D eigenvalue weighted by Gasteiger charge is -2.09. The molecule has 21 heavy (non-hydrogen) atoms. The molecule has 0 spiro atoms. The lowest BCUT2D eigenvalue weighted by molar-refractivity contribution is 0.636. The second-order valence-corrected chi connectivity index (χ2v) is 5.68. The van der Waals surface area contributed by atoms with Crippen LogP contribution in [-0.4, -0.2) is 9.97 Å². The van der Waals surface area contributed by atoms with Crippen molar-refractivity contribution in [3.8, 4) is 11.4 Å². The maximum atomic E-state index is 14.0. The van der Waals surface area contributed by atoms with Crippen molar-refractivity contribution < 1.29 is 4.39 Å². The molecule has 0 aliphatic carbocycles. The zero-order chi connectivity index (χ0) is 15.1. The van der Waals surface area contributed by atoms with Gasteiger partial charge >= 0.3 is 0 Å². The van der Waals surface area contributed by atoms with Crippen molar-refractivity contribution >= 4 is 34.1 Å². The molecule has 0 bridgehead atoms. The first-order valence-electron chi connectivity index (χ1n) is 6.36. The molecule has 0 fully saturated rings. The topological polar surface area (TPSA) is 25.8 Å². The van der Waals surface area contributed by atoms with Crippen molar-refractivity contribution in [2.75, 3.05) is 0 Å². The highest BCUT2D eigenvalue weighted by Gasteiger charge is 2.14. The van der Waals surface area contributed by atoms with Gasteiger partial charge in [-0.2, -0.15) is 0 Å². The van der Waals surface area contributed by atoms with Gasteiger partial charge in [-0.25, -0.2) is 14.4 Å². The molecule has 2 nitrogen and oxygen atoms in total. The van der Waals surface area contributed by atoms with E-state index in [0.29, 0.717) is 16.2 Å². The van der Waals surface area contributed by atoms with Crippen molar-refractivity contribution in [1.29, 1.82) is 0 Å². The van der Waals surface area contributed by atoms with E-state index >= 15 is 0 Å². The number of fused-ring (bicyclic) bond motifs is 1. The number of nitrogens with zero attached hydrogens (tertiary/aromatic N) is 2. The summed E-state index contributed by atoms with van der Waals surface area (Å²) in [6.45, 7) is 3.75. The fourth-order valence-electron chi connectivity index (χ4n) is 2.31. The lowest BCUT2D eigenvalue weighted by atomic mass is 10.1. The van der Waals surface area contributed by atoms with Crippen LogP contribution in [0.4, 0.5) is 4.39 Å². The number of hydrogen-bond acceptors (Lipinski definition) is 2. The van der Waals surface area contributed by atoms with Gasteiger partial charge in [-0.3, -0.25) is 0 Å². The van der Waals surface area contributed by atoms with Gasteiger partial charge in [-0.1, -0.05) is 29.3 Å². The molecule has 0 aliphatic rings. The van der Waals surface area contributed by atoms with Gasteiger partial charge in [0.25, 0.3) is 0 Å². The Morgan fingerprint density at radius 3 is 2.43 bits per heavy atom. The molecule has 0 unspecified atom stereocenters. The van der Waals surface area contributed by atoms with Crippen molar-refractivity contribution in [3.05, 3.63) is 57.5 Å². The molecule has 0 saturated heterocycles. The second-order valence-electron chi connectivity index (χ2n) is 4.89.